The molecule has 0 aromatic heterocycles. The number of aryl methyl sites for hydroxylation is 1. The number of carbonyl (C=O) groups is 1. The third kappa shape index (κ3) is 4.06. The molecule has 0 spiro atoms. The van der Waals surface area contributed by atoms with Gasteiger partial charge in [-0.05, 0) is 58.5 Å². The summed E-state index contributed by atoms with van der Waals surface area (Å²) in [6, 6.07) is 21.7. The molecule has 2 nitrogen and oxygen atoms in total. The molecule has 5 rings (SSSR count). The predicted octanol–water partition coefficient (Wildman–Crippen LogP) is 6.19. The summed E-state index contributed by atoms with van der Waals surface area (Å²) >= 11 is 1.95. The molecule has 2 unspecified atom stereocenters. The second kappa shape index (κ2) is 8.56. The molecule has 30 heavy (non-hydrogen) atoms. The van der Waals surface area contributed by atoms with Crippen LogP contribution in [0, 0.1) is 5.92 Å². The van der Waals surface area contributed by atoms with Gasteiger partial charge in [0.15, 0.2) is 5.78 Å². The van der Waals surface area contributed by atoms with Crippen LogP contribution in [0.2, 0.25) is 0 Å². The highest BCUT2D eigenvalue weighted by Gasteiger charge is 2.30. The Hall–Kier alpha value is -2.10. The van der Waals surface area contributed by atoms with Crippen LogP contribution in [-0.4, -0.2) is 36.1 Å². The van der Waals surface area contributed by atoms with Crippen molar-refractivity contribution in [2.75, 3.05) is 25.4 Å². The highest BCUT2D eigenvalue weighted by molar-refractivity contribution is 7.99. The molecule has 3 aromatic carbocycles. The van der Waals surface area contributed by atoms with Crippen molar-refractivity contribution in [3.63, 3.8) is 0 Å². The van der Waals surface area contributed by atoms with Crippen molar-refractivity contribution in [1.29, 1.82) is 0 Å². The summed E-state index contributed by atoms with van der Waals surface area (Å²) < 4.78 is 0. The van der Waals surface area contributed by atoms with Crippen molar-refractivity contribution in [3.8, 4) is 0 Å². The van der Waals surface area contributed by atoms with E-state index in [0.717, 1.165) is 25.2 Å². The Morgan fingerprint density at radius 3 is 2.77 bits per heavy atom. The number of thioether (sulfide) groups is 1. The van der Waals surface area contributed by atoms with Crippen LogP contribution in [0.3, 0.4) is 0 Å². The van der Waals surface area contributed by atoms with E-state index >= 15 is 0 Å². The van der Waals surface area contributed by atoms with Gasteiger partial charge in [0.05, 0.1) is 0 Å². The third-order valence-electron chi connectivity index (χ3n) is 6.76. The number of carbonyl (C=O) groups excluding carboxylic acids is 1. The molecule has 1 fully saturated rings. The lowest BCUT2D eigenvalue weighted by Gasteiger charge is -2.17. The molecule has 0 radical (unpaired) electrons. The predicted molar refractivity (Wildman–Crippen MR) is 127 cm³/mol. The van der Waals surface area contributed by atoms with Crippen LogP contribution in [0.25, 0.3) is 10.8 Å². The van der Waals surface area contributed by atoms with E-state index in [1.54, 1.807) is 0 Å². The van der Waals surface area contributed by atoms with Crippen LogP contribution in [0.4, 0.5) is 0 Å². The number of ketones is 1. The third-order valence-corrected chi connectivity index (χ3v) is 7.94. The largest absolute Gasteiger partial charge is 0.302 e. The molecule has 0 aliphatic carbocycles. The lowest BCUT2D eigenvalue weighted by Crippen LogP contribution is -2.24. The van der Waals surface area contributed by atoms with E-state index in [1.165, 1.54) is 45.4 Å². The minimum Gasteiger partial charge on any atom is -0.302 e. The van der Waals surface area contributed by atoms with Crippen LogP contribution in [-0.2, 0) is 6.42 Å². The van der Waals surface area contributed by atoms with Crippen LogP contribution in [0.15, 0.2) is 65.6 Å². The van der Waals surface area contributed by atoms with Crippen molar-refractivity contribution in [3.05, 3.63) is 77.4 Å². The number of hydrogen-bond acceptors (Lipinski definition) is 3. The smallest absolute Gasteiger partial charge is 0.164 e. The van der Waals surface area contributed by atoms with E-state index in [0.29, 0.717) is 18.3 Å². The topological polar surface area (TPSA) is 20.3 Å². The number of rotatable bonds is 5. The van der Waals surface area contributed by atoms with Crippen molar-refractivity contribution < 1.29 is 4.79 Å². The molecule has 0 N–H and O–H groups in total. The van der Waals surface area contributed by atoms with Gasteiger partial charge in [-0.15, -0.1) is 11.8 Å². The molecular formula is C27H29NOS. The summed E-state index contributed by atoms with van der Waals surface area (Å²) in [5, 5.41) is 2.46. The quantitative estimate of drug-likeness (QED) is 0.464. The van der Waals surface area contributed by atoms with Gasteiger partial charge in [-0.25, -0.2) is 0 Å². The molecule has 2 aliphatic heterocycles. The molecule has 2 aliphatic rings. The Kier molecular flexibility index (Phi) is 5.66. The van der Waals surface area contributed by atoms with Crippen LogP contribution in [0.1, 0.15) is 47.2 Å². The van der Waals surface area contributed by atoms with Crippen LogP contribution < -0.4 is 0 Å². The van der Waals surface area contributed by atoms with E-state index < -0.39 is 0 Å². The zero-order valence-electron chi connectivity index (χ0n) is 17.6. The zero-order valence-corrected chi connectivity index (χ0v) is 18.5. The molecule has 0 saturated carbocycles. The Labute approximate surface area is 183 Å². The van der Waals surface area contributed by atoms with Gasteiger partial charge in [-0.1, -0.05) is 55.5 Å². The van der Waals surface area contributed by atoms with Gasteiger partial charge < -0.3 is 4.90 Å². The number of likely N-dealkylation sites (tertiary alicyclic amines) is 1. The minimum absolute atomic E-state index is 0.262. The summed E-state index contributed by atoms with van der Waals surface area (Å²) in [4.78, 5) is 16.8. The number of hydrogen-bond donors (Lipinski definition) is 0. The first-order chi connectivity index (χ1) is 14.7. The van der Waals surface area contributed by atoms with Gasteiger partial charge in [-0.3, -0.25) is 4.79 Å². The second-order valence-corrected chi connectivity index (χ2v) is 10.0. The average Bonchev–Trinajstić information content (AvgIpc) is 3.16. The van der Waals surface area contributed by atoms with Gasteiger partial charge >= 0.3 is 0 Å². The molecule has 2 atom stereocenters. The maximum absolute atomic E-state index is 12.9. The molecule has 1 saturated heterocycles. The fourth-order valence-electron chi connectivity index (χ4n) is 5.06. The summed E-state index contributed by atoms with van der Waals surface area (Å²) in [5.74, 6) is 2.67. The van der Waals surface area contributed by atoms with Crippen LogP contribution >= 0.6 is 11.8 Å². The van der Waals surface area contributed by atoms with Gasteiger partial charge in [0.25, 0.3) is 0 Å². The number of benzene rings is 3. The van der Waals surface area contributed by atoms with E-state index in [9.17, 15) is 4.79 Å². The molecular weight excluding hydrogens is 386 g/mol. The molecule has 3 heteroatoms. The van der Waals surface area contributed by atoms with Gasteiger partial charge in [0.1, 0.15) is 0 Å². The Morgan fingerprint density at radius 1 is 1.03 bits per heavy atom. The number of Topliss-reactive ketones (excluding diaryl/α,β-unsaturated/α-hetero) is 1. The molecule has 154 valence electrons. The lowest BCUT2D eigenvalue weighted by atomic mass is 9.90. The van der Waals surface area contributed by atoms with Gasteiger partial charge in [0, 0.05) is 42.4 Å². The van der Waals surface area contributed by atoms with E-state index in [2.05, 4.69) is 66.4 Å². The molecule has 3 aromatic rings. The van der Waals surface area contributed by atoms with Crippen molar-refractivity contribution >= 4 is 28.3 Å². The lowest BCUT2D eigenvalue weighted by molar-refractivity contribution is 0.0968. The monoisotopic (exact) mass is 415 g/mol. The standard InChI is InChI=1S/C27H29NOS/c1-19-17-28(18-25(19)20-6-3-2-4-7-20)12-11-26(29)22-10-9-21-14-23-8-5-13-30-27(23)16-24(21)15-22/h2-4,6-7,9-10,14-16,19,25H,5,8,11-13,17-18H2,1H3. The Bertz CT molecular complexity index is 1060. The summed E-state index contributed by atoms with van der Waals surface area (Å²) in [6.45, 7) is 5.32. The van der Waals surface area contributed by atoms with E-state index in [4.69, 9.17) is 0 Å². The normalized spacial score (nSPS) is 21.6. The van der Waals surface area contributed by atoms with Crippen molar-refractivity contribution in [2.24, 2.45) is 5.92 Å². The fourth-order valence-corrected chi connectivity index (χ4v) is 6.13. The van der Waals surface area contributed by atoms with E-state index in [1.807, 2.05) is 17.8 Å². The highest BCUT2D eigenvalue weighted by atomic mass is 32.2. The maximum atomic E-state index is 12.9. The van der Waals surface area contributed by atoms with Crippen molar-refractivity contribution in [1.82, 2.24) is 4.90 Å². The molecule has 0 bridgehead atoms. The highest BCUT2D eigenvalue weighted by Crippen LogP contribution is 2.34. The SMILES string of the molecule is CC1CN(CCC(=O)c2ccc3cc4c(cc3c2)SCCC4)CC1c1ccccc1. The summed E-state index contributed by atoms with van der Waals surface area (Å²) in [6.07, 6.45) is 3.04. The second-order valence-electron chi connectivity index (χ2n) is 8.90. The van der Waals surface area contributed by atoms with Gasteiger partial charge in [0.2, 0.25) is 0 Å². The summed E-state index contributed by atoms with van der Waals surface area (Å²) in [5.41, 5.74) is 3.75. The molecule has 0 amide bonds. The first-order valence-electron chi connectivity index (χ1n) is 11.2. The zero-order chi connectivity index (χ0) is 20.5. The minimum atomic E-state index is 0.262. The van der Waals surface area contributed by atoms with Crippen molar-refractivity contribution in [2.45, 2.75) is 37.0 Å². The number of fused-ring (bicyclic) bond motifs is 2. The summed E-state index contributed by atoms with van der Waals surface area (Å²) in [7, 11) is 0. The Balaban J connectivity index is 1.25. The Morgan fingerprint density at radius 2 is 1.90 bits per heavy atom. The van der Waals surface area contributed by atoms with E-state index in [-0.39, 0.29) is 5.78 Å². The fraction of sp³-hybridized carbons (Fsp3) is 0.370. The van der Waals surface area contributed by atoms with Crippen LogP contribution in [0.5, 0.6) is 0 Å². The maximum Gasteiger partial charge on any atom is 0.164 e. The van der Waals surface area contributed by atoms with Gasteiger partial charge in [-0.2, -0.15) is 0 Å². The number of nitrogens with zero attached hydrogens (tertiary/aromatic N) is 1. The first kappa shape index (κ1) is 19.8. The average molecular weight is 416 g/mol. The first-order valence-corrected chi connectivity index (χ1v) is 12.2. The molecule has 2 heterocycles.